The molecule has 0 aliphatic heterocycles. The first-order chi connectivity index (χ1) is 9.47. The number of benzene rings is 2. The number of anilines is 1. The zero-order valence-corrected chi connectivity index (χ0v) is 12.6. The summed E-state index contributed by atoms with van der Waals surface area (Å²) in [5, 5.41) is 2.74. The average Bonchev–Trinajstić information content (AvgIpc) is 2.42. The molecule has 0 saturated heterocycles. The molecule has 2 aromatic carbocycles. The molecule has 0 aliphatic rings. The number of hydrogen-bond donors (Lipinski definition) is 2. The number of hydrogen-bond acceptors (Lipinski definition) is 2. The maximum Gasteiger partial charge on any atom is 0.253 e. The maximum absolute atomic E-state index is 13.0. The van der Waals surface area contributed by atoms with Gasteiger partial charge in [0.2, 0.25) is 0 Å². The van der Waals surface area contributed by atoms with Crippen molar-refractivity contribution in [2.24, 2.45) is 0 Å². The molecule has 2 aromatic rings. The van der Waals surface area contributed by atoms with Crippen LogP contribution in [0.15, 0.2) is 40.9 Å². The van der Waals surface area contributed by atoms with Crippen LogP contribution in [0.5, 0.6) is 0 Å². The Hall–Kier alpha value is -1.59. The van der Waals surface area contributed by atoms with Crippen molar-refractivity contribution < 1.29 is 9.18 Å². The third-order valence-corrected chi connectivity index (χ3v) is 3.48. The van der Waals surface area contributed by atoms with Crippen LogP contribution < -0.4 is 11.1 Å². The van der Waals surface area contributed by atoms with Crippen molar-refractivity contribution in [3.8, 4) is 0 Å². The molecular formula is C14H11BrClFN2O. The van der Waals surface area contributed by atoms with Crippen molar-refractivity contribution in [3.05, 3.63) is 62.8 Å². The Labute approximate surface area is 129 Å². The largest absolute Gasteiger partial charge is 0.398 e. The van der Waals surface area contributed by atoms with Crippen molar-refractivity contribution in [1.29, 1.82) is 0 Å². The highest BCUT2D eigenvalue weighted by Crippen LogP contribution is 2.19. The van der Waals surface area contributed by atoms with Gasteiger partial charge in [-0.2, -0.15) is 0 Å². The highest BCUT2D eigenvalue weighted by atomic mass is 79.9. The molecule has 3 N–H and O–H groups in total. The van der Waals surface area contributed by atoms with Gasteiger partial charge in [0.05, 0.1) is 10.6 Å². The normalized spacial score (nSPS) is 10.3. The molecule has 6 heteroatoms. The fourth-order valence-corrected chi connectivity index (χ4v) is 2.22. The van der Waals surface area contributed by atoms with Gasteiger partial charge in [-0.05, 0) is 35.9 Å². The lowest BCUT2D eigenvalue weighted by molar-refractivity contribution is 0.0951. The maximum atomic E-state index is 13.0. The summed E-state index contributed by atoms with van der Waals surface area (Å²) in [5.41, 5.74) is 7.23. The second-order valence-corrected chi connectivity index (χ2v) is 5.49. The first kappa shape index (κ1) is 14.8. The number of carbonyl (C=O) groups excluding carboxylic acids is 1. The van der Waals surface area contributed by atoms with Crippen LogP contribution in [0.2, 0.25) is 5.02 Å². The number of halogens is 3. The predicted molar refractivity (Wildman–Crippen MR) is 81.1 cm³/mol. The minimum absolute atomic E-state index is 0.0266. The first-order valence-corrected chi connectivity index (χ1v) is 6.91. The summed E-state index contributed by atoms with van der Waals surface area (Å²) >= 11 is 8.96. The van der Waals surface area contributed by atoms with Gasteiger partial charge in [0.1, 0.15) is 5.82 Å². The van der Waals surface area contributed by atoms with Crippen LogP contribution in [0.4, 0.5) is 10.1 Å². The van der Waals surface area contributed by atoms with Gasteiger partial charge in [0, 0.05) is 16.7 Å². The number of nitrogen functional groups attached to an aromatic ring is 1. The number of rotatable bonds is 3. The van der Waals surface area contributed by atoms with E-state index < -0.39 is 5.82 Å². The quantitative estimate of drug-likeness (QED) is 0.822. The molecule has 2 rings (SSSR count). The van der Waals surface area contributed by atoms with Gasteiger partial charge in [-0.3, -0.25) is 4.79 Å². The lowest BCUT2D eigenvalue weighted by Gasteiger charge is -2.08. The van der Waals surface area contributed by atoms with E-state index in [1.807, 2.05) is 0 Å². The monoisotopic (exact) mass is 356 g/mol. The summed E-state index contributed by atoms with van der Waals surface area (Å²) in [7, 11) is 0. The number of amides is 1. The summed E-state index contributed by atoms with van der Waals surface area (Å²) in [4.78, 5) is 12.0. The lowest BCUT2D eigenvalue weighted by atomic mass is 10.1. The van der Waals surface area contributed by atoms with Crippen LogP contribution in [-0.2, 0) is 6.54 Å². The highest BCUT2D eigenvalue weighted by molar-refractivity contribution is 9.10. The van der Waals surface area contributed by atoms with E-state index in [0.717, 1.165) is 4.47 Å². The Morgan fingerprint density at radius 2 is 2.05 bits per heavy atom. The van der Waals surface area contributed by atoms with E-state index in [-0.39, 0.29) is 17.5 Å². The van der Waals surface area contributed by atoms with E-state index in [9.17, 15) is 9.18 Å². The predicted octanol–water partition coefficient (Wildman–Crippen LogP) is 3.75. The molecule has 0 bridgehead atoms. The summed E-state index contributed by atoms with van der Waals surface area (Å²) in [6.07, 6.45) is 0. The Balaban J connectivity index is 2.08. The zero-order chi connectivity index (χ0) is 14.7. The van der Waals surface area contributed by atoms with E-state index >= 15 is 0 Å². The van der Waals surface area contributed by atoms with Crippen LogP contribution in [0, 0.1) is 5.82 Å². The van der Waals surface area contributed by atoms with Crippen molar-refractivity contribution in [2.75, 3.05) is 5.73 Å². The third kappa shape index (κ3) is 3.49. The number of carbonyl (C=O) groups is 1. The molecule has 0 unspecified atom stereocenters. The molecule has 1 amide bonds. The topological polar surface area (TPSA) is 55.1 Å². The highest BCUT2D eigenvalue weighted by Gasteiger charge is 2.10. The second-order valence-electron chi connectivity index (χ2n) is 4.16. The van der Waals surface area contributed by atoms with Crippen LogP contribution in [0.3, 0.4) is 0 Å². The average molecular weight is 358 g/mol. The summed E-state index contributed by atoms with van der Waals surface area (Å²) < 4.78 is 13.8. The fourth-order valence-electron chi connectivity index (χ4n) is 1.65. The second kappa shape index (κ2) is 6.24. The molecule has 104 valence electrons. The zero-order valence-electron chi connectivity index (χ0n) is 10.3. The van der Waals surface area contributed by atoms with Crippen LogP contribution in [0.25, 0.3) is 0 Å². The Morgan fingerprint density at radius 3 is 2.75 bits per heavy atom. The Kier molecular flexibility index (Phi) is 4.62. The van der Waals surface area contributed by atoms with Gasteiger partial charge in [0.25, 0.3) is 5.91 Å². The van der Waals surface area contributed by atoms with Gasteiger partial charge < -0.3 is 11.1 Å². The van der Waals surface area contributed by atoms with Crippen LogP contribution in [-0.4, -0.2) is 5.91 Å². The molecule has 0 aromatic heterocycles. The standard InChI is InChI=1S/C14H11BrClFN2O/c15-9-2-4-13(18)10(6-9)14(20)19-7-8-1-3-12(17)11(16)5-8/h1-6H,7,18H2,(H,19,20). The number of nitrogens with one attached hydrogen (secondary N) is 1. The van der Waals surface area contributed by atoms with Gasteiger partial charge in [-0.25, -0.2) is 4.39 Å². The van der Waals surface area contributed by atoms with E-state index in [1.54, 1.807) is 24.3 Å². The summed E-state index contributed by atoms with van der Waals surface area (Å²) in [6, 6.07) is 9.34. The van der Waals surface area contributed by atoms with Crippen LogP contribution >= 0.6 is 27.5 Å². The molecule has 0 aliphatic carbocycles. The van der Waals surface area contributed by atoms with Crippen LogP contribution in [0.1, 0.15) is 15.9 Å². The number of nitrogens with two attached hydrogens (primary N) is 1. The van der Waals surface area contributed by atoms with E-state index in [4.69, 9.17) is 17.3 Å². The van der Waals surface area contributed by atoms with E-state index in [0.29, 0.717) is 16.8 Å². The Morgan fingerprint density at radius 1 is 1.30 bits per heavy atom. The molecule has 0 fully saturated rings. The first-order valence-electron chi connectivity index (χ1n) is 5.74. The molecule has 20 heavy (non-hydrogen) atoms. The fraction of sp³-hybridized carbons (Fsp3) is 0.0714. The smallest absolute Gasteiger partial charge is 0.253 e. The SMILES string of the molecule is Nc1ccc(Br)cc1C(=O)NCc1ccc(F)c(Cl)c1. The molecule has 0 radical (unpaired) electrons. The molecule has 0 spiro atoms. The Bertz CT molecular complexity index is 664. The van der Waals surface area contributed by atoms with Crippen molar-refractivity contribution >= 4 is 39.1 Å². The minimum atomic E-state index is -0.488. The van der Waals surface area contributed by atoms with Gasteiger partial charge in [0.15, 0.2) is 0 Å². The van der Waals surface area contributed by atoms with Gasteiger partial charge in [-0.1, -0.05) is 33.6 Å². The molecule has 0 saturated carbocycles. The molecule has 0 heterocycles. The van der Waals surface area contributed by atoms with Crippen molar-refractivity contribution in [3.63, 3.8) is 0 Å². The summed E-state index contributed by atoms with van der Waals surface area (Å²) in [6.45, 7) is 0.241. The molecule has 3 nitrogen and oxygen atoms in total. The van der Waals surface area contributed by atoms with Gasteiger partial charge >= 0.3 is 0 Å². The van der Waals surface area contributed by atoms with E-state index in [1.165, 1.54) is 12.1 Å². The van der Waals surface area contributed by atoms with Gasteiger partial charge in [-0.15, -0.1) is 0 Å². The lowest BCUT2D eigenvalue weighted by Crippen LogP contribution is -2.23. The van der Waals surface area contributed by atoms with Crippen molar-refractivity contribution in [1.82, 2.24) is 5.32 Å². The summed E-state index contributed by atoms with van der Waals surface area (Å²) in [5.74, 6) is -0.790. The van der Waals surface area contributed by atoms with Crippen molar-refractivity contribution in [2.45, 2.75) is 6.54 Å². The molecule has 0 atom stereocenters. The van der Waals surface area contributed by atoms with E-state index in [2.05, 4.69) is 21.2 Å². The third-order valence-electron chi connectivity index (χ3n) is 2.70. The molecular weight excluding hydrogens is 347 g/mol. The minimum Gasteiger partial charge on any atom is -0.398 e.